The third kappa shape index (κ3) is 4.94. The molecule has 0 aliphatic carbocycles. The van der Waals surface area contributed by atoms with Gasteiger partial charge in [0.1, 0.15) is 0 Å². The van der Waals surface area contributed by atoms with Crippen LogP contribution in [-0.4, -0.2) is 38.8 Å². The summed E-state index contributed by atoms with van der Waals surface area (Å²) in [5, 5.41) is 6.08. The highest BCUT2D eigenvalue weighted by Gasteiger charge is 2.32. The molecule has 1 rings (SSSR count). The fourth-order valence-corrected chi connectivity index (χ4v) is 1.59. The van der Waals surface area contributed by atoms with Gasteiger partial charge in [0.2, 0.25) is 5.91 Å². The zero-order chi connectivity index (χ0) is 12.0. The largest absolute Gasteiger partial charge is 0.380 e. The Hall–Kier alpha value is -0.610. The third-order valence-electron chi connectivity index (χ3n) is 2.78. The van der Waals surface area contributed by atoms with Crippen LogP contribution in [0.1, 0.15) is 27.2 Å². The summed E-state index contributed by atoms with van der Waals surface area (Å²) in [7, 11) is 0. The molecule has 0 spiro atoms. The Kier molecular flexibility index (Phi) is 5.22. The molecule has 1 amide bonds. The van der Waals surface area contributed by atoms with Gasteiger partial charge in [-0.1, -0.05) is 20.8 Å². The van der Waals surface area contributed by atoms with Gasteiger partial charge in [0.25, 0.3) is 0 Å². The van der Waals surface area contributed by atoms with E-state index in [2.05, 4.69) is 31.4 Å². The van der Waals surface area contributed by atoms with Crippen molar-refractivity contribution in [3.8, 4) is 0 Å². The molecule has 1 aliphatic rings. The van der Waals surface area contributed by atoms with Crippen LogP contribution in [0.4, 0.5) is 0 Å². The predicted molar refractivity (Wildman–Crippen MR) is 64.3 cm³/mol. The van der Waals surface area contributed by atoms with Crippen molar-refractivity contribution in [2.45, 2.75) is 27.2 Å². The van der Waals surface area contributed by atoms with Crippen LogP contribution in [0.25, 0.3) is 0 Å². The Morgan fingerprint density at radius 2 is 2.12 bits per heavy atom. The van der Waals surface area contributed by atoms with Crippen molar-refractivity contribution in [1.82, 2.24) is 10.6 Å². The molecular formula is C12H24N2O2. The van der Waals surface area contributed by atoms with E-state index in [-0.39, 0.29) is 11.3 Å². The first-order valence-corrected chi connectivity index (χ1v) is 6.07. The van der Waals surface area contributed by atoms with E-state index in [0.717, 1.165) is 32.7 Å². The molecule has 4 heteroatoms. The summed E-state index contributed by atoms with van der Waals surface area (Å²) in [6.45, 7) is 10.1. The van der Waals surface area contributed by atoms with Crippen LogP contribution >= 0.6 is 0 Å². The molecular weight excluding hydrogens is 204 g/mol. The molecule has 0 atom stereocenters. The van der Waals surface area contributed by atoms with Crippen LogP contribution in [0.2, 0.25) is 0 Å². The fraction of sp³-hybridized carbons (Fsp3) is 0.917. The van der Waals surface area contributed by atoms with E-state index in [9.17, 15) is 4.79 Å². The van der Waals surface area contributed by atoms with Crippen LogP contribution in [-0.2, 0) is 9.53 Å². The number of nitrogens with one attached hydrogen (secondary N) is 2. The zero-order valence-electron chi connectivity index (χ0n) is 10.6. The summed E-state index contributed by atoms with van der Waals surface area (Å²) >= 11 is 0. The number of carbonyl (C=O) groups excluding carboxylic acids is 1. The second kappa shape index (κ2) is 6.21. The Morgan fingerprint density at radius 1 is 1.44 bits per heavy atom. The Balaban J connectivity index is 1.97. The molecule has 94 valence electrons. The average molecular weight is 228 g/mol. The van der Waals surface area contributed by atoms with E-state index >= 15 is 0 Å². The van der Waals surface area contributed by atoms with Gasteiger partial charge >= 0.3 is 0 Å². The molecule has 0 aromatic carbocycles. The molecule has 0 radical (unpaired) electrons. The second-order valence-electron chi connectivity index (χ2n) is 5.44. The van der Waals surface area contributed by atoms with Gasteiger partial charge in [-0.05, 0) is 12.3 Å². The average Bonchev–Trinajstić information content (AvgIpc) is 2.14. The number of ether oxygens (including phenoxy) is 1. The van der Waals surface area contributed by atoms with E-state index in [4.69, 9.17) is 4.74 Å². The van der Waals surface area contributed by atoms with Crippen LogP contribution in [0, 0.1) is 11.3 Å². The monoisotopic (exact) mass is 228 g/mol. The molecule has 0 aromatic heterocycles. The Labute approximate surface area is 98.1 Å². The van der Waals surface area contributed by atoms with Gasteiger partial charge < -0.3 is 15.4 Å². The minimum absolute atomic E-state index is 0.0875. The lowest BCUT2D eigenvalue weighted by Gasteiger charge is -2.38. The first-order chi connectivity index (χ1) is 7.52. The quantitative estimate of drug-likeness (QED) is 0.677. The van der Waals surface area contributed by atoms with E-state index in [1.54, 1.807) is 0 Å². The molecule has 0 bridgehead atoms. The topological polar surface area (TPSA) is 50.4 Å². The molecule has 4 nitrogen and oxygen atoms in total. The smallest absolute Gasteiger partial charge is 0.233 e. The molecule has 1 heterocycles. The van der Waals surface area contributed by atoms with Crippen LogP contribution in [0.5, 0.6) is 0 Å². The fourth-order valence-electron chi connectivity index (χ4n) is 1.59. The summed E-state index contributed by atoms with van der Waals surface area (Å²) < 4.78 is 5.15. The standard InChI is InChI=1S/C12H24N2O2/c1-10(2)4-5-14-11(15)6-13-7-12(3)8-16-9-12/h10,13H,4-9H2,1-3H3,(H,14,15). The van der Waals surface area contributed by atoms with E-state index in [0.29, 0.717) is 12.5 Å². The molecule has 16 heavy (non-hydrogen) atoms. The summed E-state index contributed by atoms with van der Waals surface area (Å²) in [6.07, 6.45) is 1.04. The molecule has 1 saturated heterocycles. The number of hydrogen-bond acceptors (Lipinski definition) is 3. The van der Waals surface area contributed by atoms with Crippen molar-refractivity contribution < 1.29 is 9.53 Å². The van der Waals surface area contributed by atoms with Crippen molar-refractivity contribution >= 4 is 5.91 Å². The lowest BCUT2D eigenvalue weighted by atomic mass is 9.89. The van der Waals surface area contributed by atoms with Gasteiger partial charge in [0, 0.05) is 18.5 Å². The summed E-state index contributed by atoms with van der Waals surface area (Å²) in [4.78, 5) is 11.4. The molecule has 2 N–H and O–H groups in total. The third-order valence-corrected chi connectivity index (χ3v) is 2.78. The van der Waals surface area contributed by atoms with Gasteiger partial charge in [0.05, 0.1) is 19.8 Å². The van der Waals surface area contributed by atoms with E-state index < -0.39 is 0 Å². The first-order valence-electron chi connectivity index (χ1n) is 6.07. The van der Waals surface area contributed by atoms with Gasteiger partial charge in [-0.15, -0.1) is 0 Å². The zero-order valence-corrected chi connectivity index (χ0v) is 10.6. The minimum atomic E-state index is 0.0875. The normalized spacial score (nSPS) is 18.2. The highest BCUT2D eigenvalue weighted by atomic mass is 16.5. The highest BCUT2D eigenvalue weighted by molar-refractivity contribution is 5.77. The molecule has 1 aliphatic heterocycles. The van der Waals surface area contributed by atoms with Gasteiger partial charge in [-0.25, -0.2) is 0 Å². The van der Waals surface area contributed by atoms with Crippen molar-refractivity contribution in [2.24, 2.45) is 11.3 Å². The van der Waals surface area contributed by atoms with E-state index in [1.807, 2.05) is 0 Å². The maximum absolute atomic E-state index is 11.4. The number of hydrogen-bond donors (Lipinski definition) is 2. The first kappa shape index (κ1) is 13.5. The SMILES string of the molecule is CC(C)CCNC(=O)CNCC1(C)COC1. The molecule has 0 aromatic rings. The summed E-state index contributed by atoms with van der Waals surface area (Å²) in [5.41, 5.74) is 0.234. The Bertz CT molecular complexity index is 225. The number of rotatable bonds is 7. The predicted octanol–water partition coefficient (Wildman–Crippen LogP) is 0.775. The summed E-state index contributed by atoms with van der Waals surface area (Å²) in [5.74, 6) is 0.726. The highest BCUT2D eigenvalue weighted by Crippen LogP contribution is 2.24. The minimum Gasteiger partial charge on any atom is -0.380 e. The molecule has 0 unspecified atom stereocenters. The van der Waals surface area contributed by atoms with Crippen molar-refractivity contribution in [3.05, 3.63) is 0 Å². The van der Waals surface area contributed by atoms with Crippen molar-refractivity contribution in [1.29, 1.82) is 0 Å². The van der Waals surface area contributed by atoms with Crippen LogP contribution < -0.4 is 10.6 Å². The van der Waals surface area contributed by atoms with Crippen LogP contribution in [0.3, 0.4) is 0 Å². The molecule has 0 saturated carbocycles. The van der Waals surface area contributed by atoms with E-state index in [1.165, 1.54) is 0 Å². The lowest BCUT2D eigenvalue weighted by molar-refractivity contribution is -0.121. The maximum atomic E-state index is 11.4. The molecule has 1 fully saturated rings. The second-order valence-corrected chi connectivity index (χ2v) is 5.44. The number of carbonyl (C=O) groups is 1. The van der Waals surface area contributed by atoms with Crippen LogP contribution in [0.15, 0.2) is 0 Å². The Morgan fingerprint density at radius 3 is 2.62 bits per heavy atom. The van der Waals surface area contributed by atoms with Crippen molar-refractivity contribution in [2.75, 3.05) is 32.8 Å². The number of amides is 1. The van der Waals surface area contributed by atoms with Gasteiger partial charge in [0.15, 0.2) is 0 Å². The lowest BCUT2D eigenvalue weighted by Crippen LogP contribution is -2.49. The van der Waals surface area contributed by atoms with Gasteiger partial charge in [-0.3, -0.25) is 4.79 Å². The van der Waals surface area contributed by atoms with Gasteiger partial charge in [-0.2, -0.15) is 0 Å². The van der Waals surface area contributed by atoms with Crippen molar-refractivity contribution in [3.63, 3.8) is 0 Å². The maximum Gasteiger partial charge on any atom is 0.233 e. The summed E-state index contributed by atoms with van der Waals surface area (Å²) in [6, 6.07) is 0.